The number of rotatable bonds is 2. The lowest BCUT2D eigenvalue weighted by Crippen LogP contribution is -2.25. The van der Waals surface area contributed by atoms with Crippen LogP contribution in [0.1, 0.15) is 12.5 Å². The summed E-state index contributed by atoms with van der Waals surface area (Å²) in [4.78, 5) is 0. The molecule has 2 heteroatoms. The molecule has 0 saturated heterocycles. The Morgan fingerprint density at radius 1 is 1.42 bits per heavy atom. The number of hydrogen-bond acceptors (Lipinski definition) is 1. The molecule has 0 aromatic carbocycles. The van der Waals surface area contributed by atoms with Crippen molar-refractivity contribution in [2.24, 2.45) is 7.05 Å². The van der Waals surface area contributed by atoms with Crippen LogP contribution in [-0.2, 0) is 7.05 Å². The average molecular weight is 164 g/mol. The number of aliphatic hydroxyl groups excluding tert-OH is 1. The highest BCUT2D eigenvalue weighted by Crippen LogP contribution is 1.98. The first-order chi connectivity index (χ1) is 5.68. The van der Waals surface area contributed by atoms with Gasteiger partial charge in [-0.1, -0.05) is 12.2 Å². The predicted octanol–water partition coefficient (Wildman–Crippen LogP) is 0.905. The van der Waals surface area contributed by atoms with Crippen LogP contribution in [0.15, 0.2) is 30.6 Å². The van der Waals surface area contributed by atoms with Gasteiger partial charge in [-0.25, -0.2) is 4.57 Å². The summed E-state index contributed by atoms with van der Waals surface area (Å²) in [6.07, 6.45) is 7.24. The minimum atomic E-state index is -0.376. The zero-order valence-electron chi connectivity index (χ0n) is 7.44. The first-order valence-corrected chi connectivity index (χ1v) is 4.00. The Bertz CT molecular complexity index is 262. The van der Waals surface area contributed by atoms with Gasteiger partial charge in [0.25, 0.3) is 0 Å². The largest absolute Gasteiger partial charge is 0.389 e. The maximum absolute atomic E-state index is 8.98. The third-order valence-corrected chi connectivity index (χ3v) is 1.57. The highest BCUT2D eigenvalue weighted by Gasteiger charge is 1.91. The molecule has 1 rings (SSSR count). The molecule has 0 aliphatic heterocycles. The van der Waals surface area contributed by atoms with E-state index >= 15 is 0 Å². The van der Waals surface area contributed by atoms with E-state index in [0.29, 0.717) is 0 Å². The minimum Gasteiger partial charge on any atom is -0.389 e. The van der Waals surface area contributed by atoms with Crippen molar-refractivity contribution in [1.29, 1.82) is 0 Å². The number of pyridine rings is 1. The predicted molar refractivity (Wildman–Crippen MR) is 48.3 cm³/mol. The minimum absolute atomic E-state index is 0.376. The van der Waals surface area contributed by atoms with E-state index < -0.39 is 0 Å². The maximum Gasteiger partial charge on any atom is 0.169 e. The van der Waals surface area contributed by atoms with E-state index in [2.05, 4.69) is 0 Å². The van der Waals surface area contributed by atoms with E-state index in [4.69, 9.17) is 5.11 Å². The Hall–Kier alpha value is -1.15. The lowest BCUT2D eigenvalue weighted by atomic mass is 10.2. The highest BCUT2D eigenvalue weighted by molar-refractivity contribution is 5.47. The van der Waals surface area contributed by atoms with Crippen LogP contribution >= 0.6 is 0 Å². The van der Waals surface area contributed by atoms with Crippen LogP contribution in [0.4, 0.5) is 0 Å². The van der Waals surface area contributed by atoms with Gasteiger partial charge in [0.05, 0.1) is 6.10 Å². The molecule has 1 aromatic rings. The lowest BCUT2D eigenvalue weighted by molar-refractivity contribution is -0.671. The van der Waals surface area contributed by atoms with Crippen LogP contribution in [0.2, 0.25) is 0 Å². The Labute approximate surface area is 72.8 Å². The second-order valence-corrected chi connectivity index (χ2v) is 2.90. The second kappa shape index (κ2) is 4.02. The van der Waals surface area contributed by atoms with Crippen molar-refractivity contribution >= 4 is 6.08 Å². The molecule has 0 bridgehead atoms. The zero-order chi connectivity index (χ0) is 8.97. The summed E-state index contributed by atoms with van der Waals surface area (Å²) in [5.41, 5.74) is 1.11. The molecular formula is C10H14NO+. The second-order valence-electron chi connectivity index (χ2n) is 2.90. The number of aryl methyl sites for hydroxylation is 1. The van der Waals surface area contributed by atoms with Crippen LogP contribution in [-0.4, -0.2) is 11.2 Å². The summed E-state index contributed by atoms with van der Waals surface area (Å²) in [5.74, 6) is 0. The molecule has 0 unspecified atom stereocenters. The Kier molecular flexibility index (Phi) is 3.00. The molecule has 2 nitrogen and oxygen atoms in total. The van der Waals surface area contributed by atoms with E-state index in [1.54, 1.807) is 13.0 Å². The van der Waals surface area contributed by atoms with Crippen molar-refractivity contribution in [3.8, 4) is 0 Å². The van der Waals surface area contributed by atoms with Gasteiger partial charge in [-0.05, 0) is 12.5 Å². The molecule has 1 atom stereocenters. The molecule has 0 saturated carbocycles. The third-order valence-electron chi connectivity index (χ3n) is 1.57. The first-order valence-electron chi connectivity index (χ1n) is 4.00. The summed E-state index contributed by atoms with van der Waals surface area (Å²) in [5, 5.41) is 8.98. The summed E-state index contributed by atoms with van der Waals surface area (Å²) < 4.78 is 1.97. The first kappa shape index (κ1) is 8.94. The average Bonchev–Trinajstić information content (AvgIpc) is 2.03. The van der Waals surface area contributed by atoms with Crippen molar-refractivity contribution in [3.63, 3.8) is 0 Å². The molecule has 0 aliphatic carbocycles. The fourth-order valence-electron chi connectivity index (χ4n) is 0.874. The van der Waals surface area contributed by atoms with Crippen molar-refractivity contribution < 1.29 is 9.67 Å². The molecule has 1 aromatic heterocycles. The maximum atomic E-state index is 8.98. The normalized spacial score (nSPS) is 13.6. The van der Waals surface area contributed by atoms with E-state index in [9.17, 15) is 0 Å². The Balaban J connectivity index is 2.71. The molecule has 0 spiro atoms. The summed E-state index contributed by atoms with van der Waals surface area (Å²) in [6, 6.07) is 4.00. The van der Waals surface area contributed by atoms with Crippen molar-refractivity contribution in [1.82, 2.24) is 0 Å². The summed E-state index contributed by atoms with van der Waals surface area (Å²) in [7, 11) is 1.97. The van der Waals surface area contributed by atoms with Crippen LogP contribution in [0.25, 0.3) is 6.08 Å². The van der Waals surface area contributed by atoms with Crippen molar-refractivity contribution in [3.05, 3.63) is 36.2 Å². The highest BCUT2D eigenvalue weighted by atomic mass is 16.3. The molecule has 0 amide bonds. The van der Waals surface area contributed by atoms with Crippen molar-refractivity contribution in [2.75, 3.05) is 0 Å². The molecule has 1 heterocycles. The molecule has 0 aliphatic rings. The van der Waals surface area contributed by atoms with Gasteiger partial charge in [0, 0.05) is 12.1 Å². The number of nitrogens with zero attached hydrogens (tertiary/aromatic N) is 1. The third kappa shape index (κ3) is 2.84. The Morgan fingerprint density at radius 2 is 2.00 bits per heavy atom. The SMILES string of the molecule is C[C@@H](O)/C=C/c1cc[n+](C)cc1. The van der Waals surface area contributed by atoms with E-state index in [-0.39, 0.29) is 6.10 Å². The smallest absolute Gasteiger partial charge is 0.169 e. The lowest BCUT2D eigenvalue weighted by Gasteiger charge is -1.93. The zero-order valence-corrected chi connectivity index (χ0v) is 7.44. The standard InChI is InChI=1S/C10H14NO/c1-9(12)3-4-10-5-7-11(2)8-6-10/h3-9,12H,1-2H3/q+1/b4-3+/t9-/m1/s1. The van der Waals surface area contributed by atoms with Crippen LogP contribution in [0, 0.1) is 0 Å². The molecule has 0 fully saturated rings. The van der Waals surface area contributed by atoms with Gasteiger partial charge in [0.2, 0.25) is 0 Å². The van der Waals surface area contributed by atoms with Gasteiger partial charge in [0.15, 0.2) is 12.4 Å². The van der Waals surface area contributed by atoms with E-state index in [1.807, 2.05) is 42.2 Å². The molecular weight excluding hydrogens is 150 g/mol. The van der Waals surface area contributed by atoms with Gasteiger partial charge in [-0.3, -0.25) is 0 Å². The van der Waals surface area contributed by atoms with Gasteiger partial charge in [0.1, 0.15) is 7.05 Å². The van der Waals surface area contributed by atoms with Crippen LogP contribution in [0.5, 0.6) is 0 Å². The van der Waals surface area contributed by atoms with Gasteiger partial charge in [-0.2, -0.15) is 0 Å². The Morgan fingerprint density at radius 3 is 2.50 bits per heavy atom. The fourth-order valence-corrected chi connectivity index (χ4v) is 0.874. The van der Waals surface area contributed by atoms with E-state index in [0.717, 1.165) is 5.56 Å². The van der Waals surface area contributed by atoms with Crippen LogP contribution < -0.4 is 4.57 Å². The quantitative estimate of drug-likeness (QED) is 0.645. The number of hydrogen-bond donors (Lipinski definition) is 1. The van der Waals surface area contributed by atoms with Gasteiger partial charge >= 0.3 is 0 Å². The van der Waals surface area contributed by atoms with Crippen molar-refractivity contribution in [2.45, 2.75) is 13.0 Å². The summed E-state index contributed by atoms with van der Waals surface area (Å²) in [6.45, 7) is 1.74. The summed E-state index contributed by atoms with van der Waals surface area (Å²) >= 11 is 0. The fraction of sp³-hybridized carbons (Fsp3) is 0.300. The van der Waals surface area contributed by atoms with E-state index in [1.165, 1.54) is 0 Å². The van der Waals surface area contributed by atoms with Crippen LogP contribution in [0.3, 0.4) is 0 Å². The van der Waals surface area contributed by atoms with Gasteiger partial charge < -0.3 is 5.11 Å². The number of aromatic nitrogens is 1. The molecule has 64 valence electrons. The van der Waals surface area contributed by atoms with Gasteiger partial charge in [-0.15, -0.1) is 0 Å². The topological polar surface area (TPSA) is 24.1 Å². The monoisotopic (exact) mass is 164 g/mol. The number of aliphatic hydroxyl groups is 1. The molecule has 0 radical (unpaired) electrons. The molecule has 1 N–H and O–H groups in total. The molecule has 12 heavy (non-hydrogen) atoms.